The van der Waals surface area contributed by atoms with E-state index >= 15 is 0 Å². The van der Waals surface area contributed by atoms with E-state index in [2.05, 4.69) is 31.9 Å². The first-order chi connectivity index (χ1) is 21.5. The molecule has 0 aliphatic heterocycles. The van der Waals surface area contributed by atoms with Gasteiger partial charge in [0, 0.05) is 23.8 Å². The quantitative estimate of drug-likeness (QED) is 0.0584. The third-order valence-electron chi connectivity index (χ3n) is 7.25. The number of nitrogens with zero attached hydrogens (tertiary/aromatic N) is 1. The lowest BCUT2D eigenvalue weighted by Crippen LogP contribution is -2.51. The Morgan fingerprint density at radius 1 is 0.659 bits per heavy atom. The summed E-state index contributed by atoms with van der Waals surface area (Å²) in [7, 11) is 0. The van der Waals surface area contributed by atoms with Gasteiger partial charge in [0.05, 0.1) is 6.54 Å². The number of benzene rings is 1. The minimum atomic E-state index is -0.465. The van der Waals surface area contributed by atoms with E-state index in [0.717, 1.165) is 123 Å². The summed E-state index contributed by atoms with van der Waals surface area (Å²) in [6.45, 7) is 12.3. The number of halogens is 1. The van der Waals surface area contributed by atoms with Gasteiger partial charge in [0.15, 0.2) is 0 Å². The van der Waals surface area contributed by atoms with Crippen LogP contribution in [0.15, 0.2) is 24.3 Å². The van der Waals surface area contributed by atoms with Gasteiger partial charge in [-0.25, -0.2) is 0 Å². The Bertz CT molecular complexity index is 832. The average molecular weight is 640 g/mol. The number of hydrogen-bond donors (Lipinski definition) is 8. The first-order valence-electron chi connectivity index (χ1n) is 16.8. The van der Waals surface area contributed by atoms with Crippen molar-refractivity contribution in [3.63, 3.8) is 0 Å². The summed E-state index contributed by atoms with van der Waals surface area (Å²) < 4.78 is 0. The molecule has 0 aliphatic carbocycles. The van der Waals surface area contributed by atoms with Crippen molar-refractivity contribution in [3.8, 4) is 0 Å². The molecule has 11 nitrogen and oxygen atoms in total. The van der Waals surface area contributed by atoms with Crippen molar-refractivity contribution in [3.05, 3.63) is 29.3 Å². The van der Waals surface area contributed by atoms with Crippen LogP contribution in [0.5, 0.6) is 0 Å². The summed E-state index contributed by atoms with van der Waals surface area (Å²) in [6, 6.07) is 6.84. The molecule has 0 aromatic heterocycles. The molecule has 44 heavy (non-hydrogen) atoms. The second-order valence-corrected chi connectivity index (χ2v) is 11.5. The van der Waals surface area contributed by atoms with Gasteiger partial charge < -0.3 is 48.3 Å². The van der Waals surface area contributed by atoms with Crippen LogP contribution in [0.1, 0.15) is 64.7 Å². The van der Waals surface area contributed by atoms with Gasteiger partial charge in [0.25, 0.3) is 0 Å². The minimum Gasteiger partial charge on any atom is -0.355 e. The summed E-state index contributed by atoms with van der Waals surface area (Å²) >= 11 is 6.12. The lowest BCUT2D eigenvalue weighted by molar-refractivity contribution is -0.122. The fourth-order valence-corrected chi connectivity index (χ4v) is 4.84. The topological polar surface area (TPSA) is 162 Å². The molecule has 0 bridgehead atoms. The second kappa shape index (κ2) is 28.5. The van der Waals surface area contributed by atoms with Gasteiger partial charge in [0.1, 0.15) is 6.04 Å². The Kier molecular flexibility index (Phi) is 25.9. The minimum absolute atomic E-state index is 0.0717. The van der Waals surface area contributed by atoms with Crippen LogP contribution in [-0.4, -0.2) is 103 Å². The van der Waals surface area contributed by atoms with E-state index in [-0.39, 0.29) is 18.4 Å². The average Bonchev–Trinajstić information content (AvgIpc) is 3.02. The number of carbonyl (C=O) groups is 2. The summed E-state index contributed by atoms with van der Waals surface area (Å²) in [5.41, 5.74) is 11.8. The Hall–Kier alpha value is -1.99. The highest BCUT2D eigenvalue weighted by Gasteiger charge is 2.26. The first-order valence-corrected chi connectivity index (χ1v) is 17.2. The molecule has 0 aliphatic rings. The van der Waals surface area contributed by atoms with Gasteiger partial charge in [-0.2, -0.15) is 0 Å². The van der Waals surface area contributed by atoms with Crippen LogP contribution in [0.3, 0.4) is 0 Å². The van der Waals surface area contributed by atoms with Crippen molar-refractivity contribution in [1.82, 2.24) is 31.9 Å². The zero-order valence-electron chi connectivity index (χ0n) is 27.2. The third kappa shape index (κ3) is 20.9. The van der Waals surface area contributed by atoms with Crippen LogP contribution < -0.4 is 48.3 Å². The summed E-state index contributed by atoms with van der Waals surface area (Å²) in [6.07, 6.45) is 8.79. The van der Waals surface area contributed by atoms with Crippen LogP contribution in [-0.2, 0) is 9.59 Å². The number of carbonyl (C=O) groups excluding carboxylic acids is 2. The number of amides is 2. The Labute approximate surface area is 271 Å². The van der Waals surface area contributed by atoms with E-state index in [0.29, 0.717) is 24.5 Å². The molecule has 0 radical (unpaired) electrons. The van der Waals surface area contributed by atoms with E-state index in [1.54, 1.807) is 12.1 Å². The molecule has 254 valence electrons. The maximum Gasteiger partial charge on any atom is 0.242 e. The Morgan fingerprint density at radius 3 is 1.55 bits per heavy atom. The molecule has 0 unspecified atom stereocenters. The van der Waals surface area contributed by atoms with Crippen LogP contribution in [0, 0.1) is 0 Å². The molecule has 0 spiro atoms. The van der Waals surface area contributed by atoms with Crippen molar-refractivity contribution in [2.75, 3.05) is 90.0 Å². The molecule has 1 atom stereocenters. The maximum absolute atomic E-state index is 13.2. The molecule has 1 rings (SSSR count). The zero-order valence-corrected chi connectivity index (χ0v) is 28.0. The van der Waals surface area contributed by atoms with E-state index < -0.39 is 6.04 Å². The summed E-state index contributed by atoms with van der Waals surface area (Å²) in [5.74, 6) is -0.175. The van der Waals surface area contributed by atoms with Crippen LogP contribution >= 0.6 is 11.6 Å². The van der Waals surface area contributed by atoms with E-state index in [4.69, 9.17) is 23.1 Å². The summed E-state index contributed by atoms with van der Waals surface area (Å²) in [4.78, 5) is 28.0. The van der Waals surface area contributed by atoms with Crippen LogP contribution in [0.25, 0.3) is 0 Å². The molecule has 0 saturated carbocycles. The van der Waals surface area contributed by atoms with Gasteiger partial charge >= 0.3 is 0 Å². The SMILES string of the molecule is CC[C@H](C(=O)NCCCNCCCCNCCCN)N(CC(=O)NCCCNCCCCNCCCN)c1ccc(Cl)cc1. The fourth-order valence-electron chi connectivity index (χ4n) is 4.71. The predicted octanol–water partition coefficient (Wildman–Crippen LogP) is 1.55. The lowest BCUT2D eigenvalue weighted by atomic mass is 10.1. The highest BCUT2D eigenvalue weighted by Crippen LogP contribution is 2.21. The molecule has 1 aromatic rings. The largest absolute Gasteiger partial charge is 0.355 e. The molecule has 1 aromatic carbocycles. The normalized spacial score (nSPS) is 11.8. The number of rotatable bonds is 30. The van der Waals surface area contributed by atoms with Crippen molar-refractivity contribution in [2.24, 2.45) is 11.5 Å². The fraction of sp³-hybridized carbons (Fsp3) is 0.750. The Balaban J connectivity index is 2.37. The van der Waals surface area contributed by atoms with Crippen LogP contribution in [0.4, 0.5) is 5.69 Å². The molecule has 0 saturated heterocycles. The van der Waals surface area contributed by atoms with Crippen LogP contribution in [0.2, 0.25) is 5.02 Å². The third-order valence-corrected chi connectivity index (χ3v) is 7.50. The first kappa shape index (κ1) is 40.0. The molecular weight excluding hydrogens is 578 g/mol. The monoisotopic (exact) mass is 639 g/mol. The van der Waals surface area contributed by atoms with Crippen molar-refractivity contribution >= 4 is 29.1 Å². The molecule has 0 fully saturated rings. The van der Waals surface area contributed by atoms with Crippen molar-refractivity contribution in [1.29, 1.82) is 0 Å². The van der Waals surface area contributed by atoms with Crippen molar-refractivity contribution < 1.29 is 9.59 Å². The molecule has 12 heteroatoms. The van der Waals surface area contributed by atoms with Gasteiger partial charge in [-0.3, -0.25) is 9.59 Å². The lowest BCUT2D eigenvalue weighted by Gasteiger charge is -2.32. The van der Waals surface area contributed by atoms with Gasteiger partial charge in [-0.1, -0.05) is 18.5 Å². The molecule has 2 amide bonds. The highest BCUT2D eigenvalue weighted by molar-refractivity contribution is 6.30. The predicted molar refractivity (Wildman–Crippen MR) is 185 cm³/mol. The number of nitrogens with one attached hydrogen (secondary N) is 6. The Morgan fingerprint density at radius 2 is 1.09 bits per heavy atom. The van der Waals surface area contributed by atoms with Gasteiger partial charge in [-0.15, -0.1) is 0 Å². The van der Waals surface area contributed by atoms with Gasteiger partial charge in [0.2, 0.25) is 11.8 Å². The van der Waals surface area contributed by atoms with Gasteiger partial charge in [-0.05, 0) is 148 Å². The second-order valence-electron chi connectivity index (χ2n) is 11.1. The molecule has 10 N–H and O–H groups in total. The highest BCUT2D eigenvalue weighted by atomic mass is 35.5. The van der Waals surface area contributed by atoms with E-state index in [9.17, 15) is 9.59 Å². The zero-order chi connectivity index (χ0) is 32.1. The molecule has 0 heterocycles. The summed E-state index contributed by atoms with van der Waals surface area (Å²) in [5, 5.41) is 20.4. The molecular formula is C32H62ClN9O2. The number of anilines is 1. The van der Waals surface area contributed by atoms with E-state index in [1.807, 2.05) is 24.0 Å². The number of unbranched alkanes of at least 4 members (excludes halogenated alkanes) is 2. The van der Waals surface area contributed by atoms with E-state index in [1.165, 1.54) is 0 Å². The standard InChI is InChI=1S/C32H62ClN9O2/c1-2-30(32(44)41-26-10-24-39-20-6-4-18-37-22-8-16-35)42(29-13-11-28(33)12-14-29)27-31(43)40-25-9-23-38-19-5-3-17-36-21-7-15-34/h11-14,30,36-39H,2-10,15-27,34-35H2,1H3,(H,40,43)(H,41,44)/t30-/m1/s1. The maximum atomic E-state index is 13.2. The van der Waals surface area contributed by atoms with Crippen molar-refractivity contribution in [2.45, 2.75) is 70.8 Å². The smallest absolute Gasteiger partial charge is 0.242 e. The number of hydrogen-bond acceptors (Lipinski definition) is 9. The number of nitrogens with two attached hydrogens (primary N) is 2.